The van der Waals surface area contributed by atoms with Crippen molar-refractivity contribution in [3.63, 3.8) is 0 Å². The number of hydrogen-bond donors (Lipinski definition) is 2. The predicted molar refractivity (Wildman–Crippen MR) is 73.8 cm³/mol. The molecule has 0 saturated carbocycles. The molecule has 19 heavy (non-hydrogen) atoms. The molecule has 1 aromatic carbocycles. The Morgan fingerprint density at radius 2 is 2.21 bits per heavy atom. The van der Waals surface area contributed by atoms with Crippen molar-refractivity contribution < 1.29 is 9.72 Å². The van der Waals surface area contributed by atoms with E-state index in [0.29, 0.717) is 18.0 Å². The molecule has 1 amide bonds. The third kappa shape index (κ3) is 3.42. The van der Waals surface area contributed by atoms with Crippen LogP contribution in [0, 0.1) is 23.0 Å². The lowest BCUT2D eigenvalue weighted by atomic mass is 10.0. The fraction of sp³-hybridized carbons (Fsp3) is 0.417. The number of halogens is 1. The molecule has 1 aromatic rings. The summed E-state index contributed by atoms with van der Waals surface area (Å²) in [5.41, 5.74) is 0.520. The van der Waals surface area contributed by atoms with Crippen LogP contribution in [0.25, 0.3) is 0 Å². The number of nitrogens with one attached hydrogen (secondary N) is 2. The molecule has 2 N–H and O–H groups in total. The zero-order valence-corrected chi connectivity index (χ0v) is 11.3. The van der Waals surface area contributed by atoms with E-state index in [2.05, 4.69) is 10.6 Å². The fourth-order valence-corrected chi connectivity index (χ4v) is 1.91. The van der Waals surface area contributed by atoms with Crippen LogP contribution in [0.15, 0.2) is 18.2 Å². The van der Waals surface area contributed by atoms with Crippen molar-refractivity contribution in [1.29, 1.82) is 0 Å². The maximum atomic E-state index is 11.9. The Bertz CT molecular complexity index is 489. The molecule has 1 aliphatic heterocycles. The van der Waals surface area contributed by atoms with Crippen LogP contribution in [0.4, 0.5) is 5.69 Å². The van der Waals surface area contributed by atoms with Crippen LogP contribution in [-0.4, -0.2) is 30.5 Å². The molecule has 0 bridgehead atoms. The highest BCUT2D eigenvalue weighted by Crippen LogP contribution is 2.22. The van der Waals surface area contributed by atoms with Crippen molar-refractivity contribution in [3.05, 3.63) is 39.4 Å². The van der Waals surface area contributed by atoms with E-state index in [1.807, 2.05) is 0 Å². The Hall–Kier alpha value is -1.66. The quantitative estimate of drug-likeness (QED) is 0.644. The Morgan fingerprint density at radius 1 is 1.53 bits per heavy atom. The summed E-state index contributed by atoms with van der Waals surface area (Å²) in [6.07, 6.45) is 0. The van der Waals surface area contributed by atoms with Gasteiger partial charge in [-0.05, 0) is 13.0 Å². The summed E-state index contributed by atoms with van der Waals surface area (Å²) in [5.74, 6) is 0.0510. The minimum atomic E-state index is -0.505. The van der Waals surface area contributed by atoms with Gasteiger partial charge in [-0.2, -0.15) is 0 Å². The molecule has 0 spiro atoms. The predicted octanol–water partition coefficient (Wildman–Crippen LogP) is 1.27. The van der Waals surface area contributed by atoms with Gasteiger partial charge in [-0.1, -0.05) is 12.1 Å². The highest BCUT2D eigenvalue weighted by Gasteiger charge is 2.23. The molecule has 0 aromatic heterocycles. The first-order valence-corrected chi connectivity index (χ1v) is 5.82. The van der Waals surface area contributed by atoms with Crippen LogP contribution >= 0.6 is 12.4 Å². The fourth-order valence-electron chi connectivity index (χ4n) is 1.91. The number of hydrogen-bond acceptors (Lipinski definition) is 4. The molecule has 1 fully saturated rings. The topological polar surface area (TPSA) is 84.3 Å². The summed E-state index contributed by atoms with van der Waals surface area (Å²) in [5, 5.41) is 16.8. The number of aryl methyl sites for hydroxylation is 1. The van der Waals surface area contributed by atoms with E-state index < -0.39 is 4.92 Å². The third-order valence-corrected chi connectivity index (χ3v) is 3.08. The van der Waals surface area contributed by atoms with Crippen molar-refractivity contribution >= 4 is 24.0 Å². The second-order valence-corrected chi connectivity index (χ2v) is 4.46. The summed E-state index contributed by atoms with van der Waals surface area (Å²) in [6, 6.07) is 4.77. The van der Waals surface area contributed by atoms with Crippen molar-refractivity contribution in [3.8, 4) is 0 Å². The summed E-state index contributed by atoms with van der Waals surface area (Å²) in [6.45, 7) is 3.95. The van der Waals surface area contributed by atoms with Gasteiger partial charge in [0.15, 0.2) is 0 Å². The maximum absolute atomic E-state index is 11.9. The van der Waals surface area contributed by atoms with Gasteiger partial charge in [0.2, 0.25) is 0 Å². The van der Waals surface area contributed by atoms with Crippen LogP contribution < -0.4 is 10.6 Å². The molecule has 104 valence electrons. The zero-order valence-electron chi connectivity index (χ0n) is 10.5. The normalized spacial score (nSPS) is 14.2. The molecule has 1 saturated heterocycles. The molecule has 1 heterocycles. The SMILES string of the molecule is Cc1cccc(C(=O)NCC2CNC2)c1[N+](=O)[O-].Cl. The summed E-state index contributed by atoms with van der Waals surface area (Å²) in [7, 11) is 0. The van der Waals surface area contributed by atoms with Crippen molar-refractivity contribution in [2.75, 3.05) is 19.6 Å². The number of nitro benzene ring substituents is 1. The number of rotatable bonds is 4. The highest BCUT2D eigenvalue weighted by molar-refractivity contribution is 5.98. The van der Waals surface area contributed by atoms with E-state index in [9.17, 15) is 14.9 Å². The Morgan fingerprint density at radius 3 is 2.74 bits per heavy atom. The third-order valence-electron chi connectivity index (χ3n) is 3.08. The second-order valence-electron chi connectivity index (χ2n) is 4.46. The number of benzene rings is 1. The lowest BCUT2D eigenvalue weighted by Gasteiger charge is -2.27. The average molecular weight is 286 g/mol. The molecule has 0 radical (unpaired) electrons. The van der Waals surface area contributed by atoms with Gasteiger partial charge in [0, 0.05) is 31.1 Å². The van der Waals surface area contributed by atoms with Crippen LogP contribution in [-0.2, 0) is 0 Å². The van der Waals surface area contributed by atoms with E-state index in [1.165, 1.54) is 6.07 Å². The van der Waals surface area contributed by atoms with Crippen molar-refractivity contribution in [2.24, 2.45) is 5.92 Å². The minimum Gasteiger partial charge on any atom is -0.351 e. The first-order chi connectivity index (χ1) is 8.59. The molecule has 6 nitrogen and oxygen atoms in total. The maximum Gasteiger partial charge on any atom is 0.285 e. The molecular formula is C12H16ClN3O3. The van der Waals surface area contributed by atoms with Crippen LogP contribution in [0.3, 0.4) is 0 Å². The van der Waals surface area contributed by atoms with Crippen molar-refractivity contribution in [2.45, 2.75) is 6.92 Å². The number of para-hydroxylation sites is 1. The second kappa shape index (κ2) is 6.49. The number of amides is 1. The Balaban J connectivity index is 0.00000180. The molecular weight excluding hydrogens is 270 g/mol. The summed E-state index contributed by atoms with van der Waals surface area (Å²) >= 11 is 0. The first kappa shape index (κ1) is 15.4. The number of nitro groups is 1. The monoisotopic (exact) mass is 285 g/mol. The number of carbonyl (C=O) groups excluding carboxylic acids is 1. The molecule has 7 heteroatoms. The van der Waals surface area contributed by atoms with Gasteiger partial charge >= 0.3 is 0 Å². The van der Waals surface area contributed by atoms with E-state index in [4.69, 9.17) is 0 Å². The molecule has 0 aliphatic carbocycles. The number of nitrogens with zero attached hydrogens (tertiary/aromatic N) is 1. The van der Waals surface area contributed by atoms with Crippen LogP contribution in [0.2, 0.25) is 0 Å². The van der Waals surface area contributed by atoms with E-state index in [0.717, 1.165) is 13.1 Å². The first-order valence-electron chi connectivity index (χ1n) is 5.82. The van der Waals surface area contributed by atoms with Gasteiger partial charge in [-0.15, -0.1) is 12.4 Å². The molecule has 0 unspecified atom stereocenters. The Labute approximate surface area is 117 Å². The van der Waals surface area contributed by atoms with Gasteiger partial charge < -0.3 is 10.6 Å². The lowest BCUT2D eigenvalue weighted by Crippen LogP contribution is -2.48. The summed E-state index contributed by atoms with van der Waals surface area (Å²) < 4.78 is 0. The lowest BCUT2D eigenvalue weighted by molar-refractivity contribution is -0.385. The van der Waals surface area contributed by atoms with Crippen LogP contribution in [0.1, 0.15) is 15.9 Å². The number of carbonyl (C=O) groups is 1. The van der Waals surface area contributed by atoms with Crippen LogP contribution in [0.5, 0.6) is 0 Å². The van der Waals surface area contributed by atoms with Gasteiger partial charge in [-0.3, -0.25) is 14.9 Å². The molecule has 0 atom stereocenters. The minimum absolute atomic E-state index is 0. The Kier molecular flexibility index (Phi) is 5.26. The largest absolute Gasteiger partial charge is 0.351 e. The zero-order chi connectivity index (χ0) is 13.1. The average Bonchev–Trinajstić information content (AvgIpc) is 2.25. The highest BCUT2D eigenvalue weighted by atomic mass is 35.5. The summed E-state index contributed by atoms with van der Waals surface area (Å²) in [4.78, 5) is 22.4. The van der Waals surface area contributed by atoms with Gasteiger partial charge in [-0.25, -0.2) is 0 Å². The van der Waals surface area contributed by atoms with E-state index in [1.54, 1.807) is 19.1 Å². The standard InChI is InChI=1S/C12H15N3O3.ClH/c1-8-3-2-4-10(11(8)15(17)18)12(16)14-7-9-5-13-6-9;/h2-4,9,13H,5-7H2,1H3,(H,14,16);1H. The molecule has 1 aliphatic rings. The smallest absolute Gasteiger partial charge is 0.285 e. The van der Waals surface area contributed by atoms with Gasteiger partial charge in [0.25, 0.3) is 11.6 Å². The molecule has 2 rings (SSSR count). The van der Waals surface area contributed by atoms with Gasteiger partial charge in [0.1, 0.15) is 5.56 Å². The van der Waals surface area contributed by atoms with E-state index in [-0.39, 0.29) is 29.6 Å². The van der Waals surface area contributed by atoms with Gasteiger partial charge in [0.05, 0.1) is 4.92 Å². The van der Waals surface area contributed by atoms with E-state index >= 15 is 0 Å². The van der Waals surface area contributed by atoms with Crippen molar-refractivity contribution in [1.82, 2.24) is 10.6 Å².